The van der Waals surface area contributed by atoms with Crippen LogP contribution in [0.1, 0.15) is 41.4 Å². The van der Waals surface area contributed by atoms with E-state index in [1.165, 1.54) is 6.20 Å². The molecule has 116 valence electrons. The van der Waals surface area contributed by atoms with Gasteiger partial charge in [0.2, 0.25) is 0 Å². The Labute approximate surface area is 135 Å². The zero-order valence-corrected chi connectivity index (χ0v) is 13.5. The first kappa shape index (κ1) is 15.2. The lowest BCUT2D eigenvalue weighted by Crippen LogP contribution is -2.16. The molecular formula is C19H19N3O. The summed E-state index contributed by atoms with van der Waals surface area (Å²) in [4.78, 5) is 21.3. The topological polar surface area (TPSA) is 54.9 Å². The molecule has 0 radical (unpaired) electrons. The fraction of sp³-hybridized carbons (Fsp3) is 0.211. The second-order valence-corrected chi connectivity index (χ2v) is 5.89. The molecule has 0 saturated heterocycles. The van der Waals surface area contributed by atoms with Crippen molar-refractivity contribution in [2.75, 3.05) is 5.32 Å². The third kappa shape index (κ3) is 3.06. The standard InChI is InChI=1S/C19H19N3O/c1-12(2)14-8-6-7-13(3)18(14)22-19(23)17-11-20-15-9-4-5-10-16(15)21-17/h4-12H,1-3H3,(H,22,23). The van der Waals surface area contributed by atoms with E-state index < -0.39 is 0 Å². The number of nitrogens with one attached hydrogen (secondary N) is 1. The highest BCUT2D eigenvalue weighted by molar-refractivity contribution is 6.04. The second kappa shape index (κ2) is 6.16. The maximum Gasteiger partial charge on any atom is 0.275 e. The number of carbonyl (C=O) groups excluding carboxylic acids is 1. The average molecular weight is 305 g/mol. The first-order valence-corrected chi connectivity index (χ1v) is 7.69. The molecule has 0 saturated carbocycles. The number of hydrogen-bond donors (Lipinski definition) is 1. The molecule has 4 heteroatoms. The van der Waals surface area contributed by atoms with Crippen LogP contribution >= 0.6 is 0 Å². The predicted molar refractivity (Wildman–Crippen MR) is 92.8 cm³/mol. The molecule has 23 heavy (non-hydrogen) atoms. The van der Waals surface area contributed by atoms with Gasteiger partial charge in [0.25, 0.3) is 5.91 Å². The van der Waals surface area contributed by atoms with Crippen molar-refractivity contribution in [3.63, 3.8) is 0 Å². The summed E-state index contributed by atoms with van der Waals surface area (Å²) in [5, 5.41) is 3.00. The second-order valence-electron chi connectivity index (χ2n) is 5.89. The smallest absolute Gasteiger partial charge is 0.275 e. The first-order valence-electron chi connectivity index (χ1n) is 7.69. The van der Waals surface area contributed by atoms with E-state index in [0.29, 0.717) is 17.1 Å². The zero-order chi connectivity index (χ0) is 16.4. The van der Waals surface area contributed by atoms with Crippen molar-refractivity contribution in [2.24, 2.45) is 0 Å². The Morgan fingerprint density at radius 3 is 2.52 bits per heavy atom. The minimum Gasteiger partial charge on any atom is -0.320 e. The molecule has 0 atom stereocenters. The van der Waals surface area contributed by atoms with Gasteiger partial charge in [-0.05, 0) is 36.1 Å². The number of nitrogens with zero attached hydrogens (tertiary/aromatic N) is 2. The Kier molecular flexibility index (Phi) is 4.06. The van der Waals surface area contributed by atoms with Gasteiger partial charge in [-0.15, -0.1) is 0 Å². The molecule has 1 amide bonds. The predicted octanol–water partition coefficient (Wildman–Crippen LogP) is 4.31. The highest BCUT2D eigenvalue weighted by Gasteiger charge is 2.14. The molecule has 2 aromatic carbocycles. The van der Waals surface area contributed by atoms with Crippen LogP contribution in [0.2, 0.25) is 0 Å². The Balaban J connectivity index is 1.95. The van der Waals surface area contributed by atoms with E-state index in [4.69, 9.17) is 0 Å². The molecule has 0 aliphatic rings. The fourth-order valence-corrected chi connectivity index (χ4v) is 2.59. The summed E-state index contributed by atoms with van der Waals surface area (Å²) in [5.41, 5.74) is 4.84. The van der Waals surface area contributed by atoms with E-state index in [1.54, 1.807) is 0 Å². The number of rotatable bonds is 3. The van der Waals surface area contributed by atoms with Crippen LogP contribution < -0.4 is 5.32 Å². The molecule has 0 aliphatic carbocycles. The van der Waals surface area contributed by atoms with Crippen LogP contribution in [0.25, 0.3) is 11.0 Å². The van der Waals surface area contributed by atoms with E-state index in [1.807, 2.05) is 49.4 Å². The fourth-order valence-electron chi connectivity index (χ4n) is 2.59. The minimum atomic E-state index is -0.237. The van der Waals surface area contributed by atoms with Crippen molar-refractivity contribution < 1.29 is 4.79 Å². The van der Waals surface area contributed by atoms with Crippen molar-refractivity contribution in [3.05, 3.63) is 65.5 Å². The van der Waals surface area contributed by atoms with Gasteiger partial charge in [-0.1, -0.05) is 44.2 Å². The number of aromatic nitrogens is 2. The summed E-state index contributed by atoms with van der Waals surface area (Å²) in [6.07, 6.45) is 1.52. The average Bonchev–Trinajstić information content (AvgIpc) is 2.56. The van der Waals surface area contributed by atoms with Crippen molar-refractivity contribution in [2.45, 2.75) is 26.7 Å². The molecule has 3 rings (SSSR count). The van der Waals surface area contributed by atoms with Crippen LogP contribution in [0.4, 0.5) is 5.69 Å². The number of fused-ring (bicyclic) bond motifs is 1. The van der Waals surface area contributed by atoms with Gasteiger partial charge >= 0.3 is 0 Å². The van der Waals surface area contributed by atoms with Crippen molar-refractivity contribution in [1.82, 2.24) is 9.97 Å². The van der Waals surface area contributed by atoms with Gasteiger partial charge in [0, 0.05) is 5.69 Å². The van der Waals surface area contributed by atoms with Crippen LogP contribution in [0.15, 0.2) is 48.7 Å². The zero-order valence-electron chi connectivity index (χ0n) is 13.5. The number of aryl methyl sites for hydroxylation is 1. The molecule has 1 aromatic heterocycles. The normalized spacial score (nSPS) is 11.0. The summed E-state index contributed by atoms with van der Waals surface area (Å²) in [6, 6.07) is 13.6. The lowest BCUT2D eigenvalue weighted by Gasteiger charge is -2.16. The molecule has 0 bridgehead atoms. The molecular weight excluding hydrogens is 286 g/mol. The number of amides is 1. The largest absolute Gasteiger partial charge is 0.320 e. The Morgan fingerprint density at radius 2 is 1.78 bits per heavy atom. The van der Waals surface area contributed by atoms with Gasteiger partial charge in [0.1, 0.15) is 5.69 Å². The van der Waals surface area contributed by atoms with E-state index >= 15 is 0 Å². The van der Waals surface area contributed by atoms with Gasteiger partial charge in [0.05, 0.1) is 17.2 Å². The van der Waals surface area contributed by atoms with Gasteiger partial charge < -0.3 is 5.32 Å². The van der Waals surface area contributed by atoms with Crippen LogP contribution in [-0.2, 0) is 0 Å². The highest BCUT2D eigenvalue weighted by Crippen LogP contribution is 2.27. The third-order valence-electron chi connectivity index (χ3n) is 3.85. The maximum absolute atomic E-state index is 12.6. The number of carbonyl (C=O) groups is 1. The maximum atomic E-state index is 12.6. The summed E-state index contributed by atoms with van der Waals surface area (Å²) >= 11 is 0. The Hall–Kier alpha value is -2.75. The highest BCUT2D eigenvalue weighted by atomic mass is 16.1. The van der Waals surface area contributed by atoms with Crippen LogP contribution in [0, 0.1) is 6.92 Å². The van der Waals surface area contributed by atoms with Crippen LogP contribution in [-0.4, -0.2) is 15.9 Å². The van der Waals surface area contributed by atoms with Gasteiger partial charge in [-0.3, -0.25) is 9.78 Å². The quantitative estimate of drug-likeness (QED) is 0.784. The summed E-state index contributed by atoms with van der Waals surface area (Å²) in [5.74, 6) is 0.0901. The molecule has 0 spiro atoms. The summed E-state index contributed by atoms with van der Waals surface area (Å²) in [6.45, 7) is 6.22. The molecule has 3 aromatic rings. The molecule has 0 unspecified atom stereocenters. The lowest BCUT2D eigenvalue weighted by atomic mass is 9.98. The lowest BCUT2D eigenvalue weighted by molar-refractivity contribution is 0.102. The Bertz CT molecular complexity index is 871. The number of hydrogen-bond acceptors (Lipinski definition) is 3. The van der Waals surface area contributed by atoms with E-state index in [9.17, 15) is 4.79 Å². The number of benzene rings is 2. The molecule has 1 heterocycles. The van der Waals surface area contributed by atoms with E-state index in [2.05, 4.69) is 29.1 Å². The van der Waals surface area contributed by atoms with Crippen LogP contribution in [0.5, 0.6) is 0 Å². The third-order valence-corrected chi connectivity index (χ3v) is 3.85. The van der Waals surface area contributed by atoms with Crippen molar-refractivity contribution in [1.29, 1.82) is 0 Å². The van der Waals surface area contributed by atoms with Crippen molar-refractivity contribution >= 4 is 22.6 Å². The van der Waals surface area contributed by atoms with Gasteiger partial charge in [0.15, 0.2) is 0 Å². The summed E-state index contributed by atoms with van der Waals surface area (Å²) < 4.78 is 0. The van der Waals surface area contributed by atoms with E-state index in [0.717, 1.165) is 22.3 Å². The first-order chi connectivity index (χ1) is 11.1. The van der Waals surface area contributed by atoms with Crippen molar-refractivity contribution in [3.8, 4) is 0 Å². The summed E-state index contributed by atoms with van der Waals surface area (Å²) in [7, 11) is 0. The molecule has 0 fully saturated rings. The number of para-hydroxylation sites is 3. The molecule has 4 nitrogen and oxygen atoms in total. The monoisotopic (exact) mass is 305 g/mol. The molecule has 0 aliphatic heterocycles. The Morgan fingerprint density at radius 1 is 1.04 bits per heavy atom. The van der Waals surface area contributed by atoms with Gasteiger partial charge in [-0.25, -0.2) is 4.98 Å². The van der Waals surface area contributed by atoms with Crippen LogP contribution in [0.3, 0.4) is 0 Å². The SMILES string of the molecule is Cc1cccc(C(C)C)c1NC(=O)c1cnc2ccccc2n1. The van der Waals surface area contributed by atoms with Gasteiger partial charge in [-0.2, -0.15) is 0 Å². The van der Waals surface area contributed by atoms with E-state index in [-0.39, 0.29) is 5.91 Å². The number of anilines is 1. The molecule has 1 N–H and O–H groups in total. The minimum absolute atomic E-state index is 0.237.